The van der Waals surface area contributed by atoms with E-state index in [0.29, 0.717) is 10.6 Å². The van der Waals surface area contributed by atoms with Crippen LogP contribution >= 0.6 is 11.6 Å². The fraction of sp³-hybridized carbons (Fsp3) is 0.167. The second kappa shape index (κ2) is 9.66. The molecule has 1 aromatic carbocycles. The first-order valence-electron chi connectivity index (χ1n) is 7.31. The summed E-state index contributed by atoms with van der Waals surface area (Å²) < 4.78 is 0. The monoisotopic (exact) mass is 329 g/mol. The van der Waals surface area contributed by atoms with Crippen LogP contribution in [0.1, 0.15) is 24.2 Å². The molecular weight excluding hydrogens is 310 g/mol. The predicted octanol–water partition coefficient (Wildman–Crippen LogP) is 4.36. The molecule has 0 radical (unpaired) electrons. The van der Waals surface area contributed by atoms with Crippen molar-refractivity contribution in [1.29, 1.82) is 0 Å². The molecule has 4 nitrogen and oxygen atoms in total. The zero-order valence-electron chi connectivity index (χ0n) is 13.5. The fourth-order valence-electron chi connectivity index (χ4n) is 1.91. The van der Waals surface area contributed by atoms with Gasteiger partial charge in [0, 0.05) is 28.9 Å². The molecule has 0 aliphatic rings. The lowest BCUT2D eigenvalue weighted by atomic mass is 10.1. The lowest BCUT2D eigenvalue weighted by molar-refractivity contribution is 0.112. The van der Waals surface area contributed by atoms with E-state index < -0.39 is 0 Å². The molecule has 0 saturated carbocycles. The molecule has 0 aliphatic carbocycles. The number of carbonyl (C=O) groups excluding carboxylic acids is 1. The summed E-state index contributed by atoms with van der Waals surface area (Å²) in [4.78, 5) is 19.2. The Morgan fingerprint density at radius 1 is 1.09 bits per heavy atom. The van der Waals surface area contributed by atoms with Crippen LogP contribution in [0.2, 0.25) is 5.02 Å². The molecule has 3 aromatic rings. The number of aromatic nitrogens is 2. The van der Waals surface area contributed by atoms with E-state index in [-0.39, 0.29) is 0 Å². The van der Waals surface area contributed by atoms with Crippen LogP contribution < -0.4 is 5.73 Å². The Hall–Kier alpha value is -2.30. The Bertz CT molecular complexity index is 758. The number of nitrogens with two attached hydrogens (primary N) is 1. The lowest BCUT2D eigenvalue weighted by Gasteiger charge is -2.05. The summed E-state index contributed by atoms with van der Waals surface area (Å²) in [6.07, 6.45) is 4.20. The quantitative estimate of drug-likeness (QED) is 0.709. The SMILES string of the molecule is CC.CN.O=Cc1ccc(-c2cc(Cl)c3cnccc3n2)cc1. The minimum absolute atomic E-state index is 0.618. The third-order valence-corrected chi connectivity index (χ3v) is 3.21. The number of hydrogen-bond donors (Lipinski definition) is 1. The van der Waals surface area contributed by atoms with Gasteiger partial charge in [0.2, 0.25) is 0 Å². The topological polar surface area (TPSA) is 68.9 Å². The molecule has 5 heteroatoms. The van der Waals surface area contributed by atoms with Crippen LogP contribution in [0.4, 0.5) is 0 Å². The number of rotatable bonds is 2. The maximum Gasteiger partial charge on any atom is 0.150 e. The van der Waals surface area contributed by atoms with Crippen molar-refractivity contribution in [3.8, 4) is 11.3 Å². The van der Waals surface area contributed by atoms with Gasteiger partial charge in [0.15, 0.2) is 0 Å². The number of fused-ring (bicyclic) bond motifs is 1. The van der Waals surface area contributed by atoms with Gasteiger partial charge in [-0.3, -0.25) is 9.78 Å². The van der Waals surface area contributed by atoms with Gasteiger partial charge in [-0.15, -0.1) is 0 Å². The average molecular weight is 330 g/mol. The molecule has 0 amide bonds. The summed E-state index contributed by atoms with van der Waals surface area (Å²) in [5, 5.41) is 1.45. The van der Waals surface area contributed by atoms with Gasteiger partial charge in [-0.1, -0.05) is 49.7 Å². The first-order chi connectivity index (χ1) is 11.3. The van der Waals surface area contributed by atoms with Crippen LogP contribution in [0, 0.1) is 0 Å². The zero-order valence-corrected chi connectivity index (χ0v) is 14.2. The first-order valence-corrected chi connectivity index (χ1v) is 7.69. The number of aldehydes is 1. The van der Waals surface area contributed by atoms with E-state index in [1.165, 1.54) is 7.05 Å². The van der Waals surface area contributed by atoms with Gasteiger partial charge >= 0.3 is 0 Å². The highest BCUT2D eigenvalue weighted by Gasteiger charge is 2.06. The Labute approximate surface area is 141 Å². The molecule has 2 N–H and O–H groups in total. The van der Waals surface area contributed by atoms with Crippen LogP contribution in [-0.2, 0) is 0 Å². The van der Waals surface area contributed by atoms with Crippen molar-refractivity contribution in [3.63, 3.8) is 0 Å². The maximum atomic E-state index is 10.6. The van der Waals surface area contributed by atoms with Crippen LogP contribution in [-0.4, -0.2) is 23.3 Å². The molecule has 2 heterocycles. The summed E-state index contributed by atoms with van der Waals surface area (Å²) in [5.41, 5.74) is 7.64. The van der Waals surface area contributed by atoms with Gasteiger partial charge in [0.25, 0.3) is 0 Å². The fourth-order valence-corrected chi connectivity index (χ4v) is 2.16. The molecule has 0 bridgehead atoms. The van der Waals surface area contributed by atoms with Gasteiger partial charge in [-0.25, -0.2) is 4.98 Å². The molecule has 3 rings (SSSR count). The van der Waals surface area contributed by atoms with E-state index in [0.717, 1.165) is 28.4 Å². The van der Waals surface area contributed by atoms with Crippen molar-refractivity contribution < 1.29 is 4.79 Å². The van der Waals surface area contributed by atoms with Gasteiger partial charge in [0.1, 0.15) is 6.29 Å². The predicted molar refractivity (Wildman–Crippen MR) is 96.8 cm³/mol. The highest BCUT2D eigenvalue weighted by Crippen LogP contribution is 2.27. The molecule has 0 fully saturated rings. The van der Waals surface area contributed by atoms with E-state index in [9.17, 15) is 4.79 Å². The largest absolute Gasteiger partial charge is 0.333 e. The van der Waals surface area contributed by atoms with E-state index in [1.807, 2.05) is 38.1 Å². The summed E-state index contributed by atoms with van der Waals surface area (Å²) in [5.74, 6) is 0. The van der Waals surface area contributed by atoms with Crippen LogP contribution in [0.3, 0.4) is 0 Å². The minimum Gasteiger partial charge on any atom is -0.333 e. The van der Waals surface area contributed by atoms with Crippen molar-refractivity contribution in [1.82, 2.24) is 9.97 Å². The van der Waals surface area contributed by atoms with Crippen LogP contribution in [0.5, 0.6) is 0 Å². The molecule has 23 heavy (non-hydrogen) atoms. The highest BCUT2D eigenvalue weighted by molar-refractivity contribution is 6.35. The summed E-state index contributed by atoms with van der Waals surface area (Å²) in [6.45, 7) is 4.00. The standard InChI is InChI=1S/C15H9ClN2O.C2H6.CH5N/c16-13-7-15(11-3-1-10(9-19)2-4-11)18-14-5-6-17-8-12(13)14;2*1-2/h1-9H;1-2H3;2H2,1H3. The Kier molecular flexibility index (Phi) is 7.88. The summed E-state index contributed by atoms with van der Waals surface area (Å²) >= 11 is 6.23. The average Bonchev–Trinajstić information content (AvgIpc) is 2.65. The molecule has 120 valence electrons. The molecular formula is C18H20ClN3O. The van der Waals surface area contributed by atoms with E-state index in [1.54, 1.807) is 24.5 Å². The van der Waals surface area contributed by atoms with Crippen molar-refractivity contribution >= 4 is 28.8 Å². The number of halogens is 1. The van der Waals surface area contributed by atoms with Gasteiger partial charge in [-0.05, 0) is 19.2 Å². The second-order valence-corrected chi connectivity index (χ2v) is 4.53. The van der Waals surface area contributed by atoms with Crippen molar-refractivity contribution in [3.05, 3.63) is 59.4 Å². The van der Waals surface area contributed by atoms with Crippen LogP contribution in [0.25, 0.3) is 22.2 Å². The van der Waals surface area contributed by atoms with Crippen molar-refractivity contribution in [2.24, 2.45) is 5.73 Å². The normalized spacial score (nSPS) is 9.26. The third kappa shape index (κ3) is 4.58. The van der Waals surface area contributed by atoms with Crippen LogP contribution in [0.15, 0.2) is 48.8 Å². The number of benzene rings is 1. The molecule has 0 aliphatic heterocycles. The summed E-state index contributed by atoms with van der Waals surface area (Å²) in [7, 11) is 1.50. The first kappa shape index (κ1) is 18.7. The molecule has 0 spiro atoms. The Morgan fingerprint density at radius 3 is 2.35 bits per heavy atom. The van der Waals surface area contributed by atoms with Gasteiger partial charge in [-0.2, -0.15) is 0 Å². The van der Waals surface area contributed by atoms with Gasteiger partial charge in [0.05, 0.1) is 16.2 Å². The van der Waals surface area contributed by atoms with E-state index >= 15 is 0 Å². The number of carbonyl (C=O) groups is 1. The third-order valence-electron chi connectivity index (χ3n) is 2.90. The molecule has 0 unspecified atom stereocenters. The number of pyridine rings is 2. The van der Waals surface area contributed by atoms with Crippen molar-refractivity contribution in [2.75, 3.05) is 7.05 Å². The number of hydrogen-bond acceptors (Lipinski definition) is 4. The Morgan fingerprint density at radius 2 is 1.74 bits per heavy atom. The van der Waals surface area contributed by atoms with Crippen molar-refractivity contribution in [2.45, 2.75) is 13.8 Å². The molecule has 0 saturated heterocycles. The number of nitrogens with zero attached hydrogens (tertiary/aromatic N) is 2. The highest BCUT2D eigenvalue weighted by atomic mass is 35.5. The summed E-state index contributed by atoms with van der Waals surface area (Å²) in [6, 6.07) is 10.9. The Balaban J connectivity index is 0.000000615. The smallest absolute Gasteiger partial charge is 0.150 e. The van der Waals surface area contributed by atoms with Gasteiger partial charge < -0.3 is 5.73 Å². The molecule has 0 atom stereocenters. The molecule has 2 aromatic heterocycles. The maximum absolute atomic E-state index is 10.6. The van der Waals surface area contributed by atoms with E-state index in [4.69, 9.17) is 11.6 Å². The lowest BCUT2D eigenvalue weighted by Crippen LogP contribution is -1.88. The minimum atomic E-state index is 0.618. The zero-order chi connectivity index (χ0) is 17.2. The van der Waals surface area contributed by atoms with E-state index in [2.05, 4.69) is 15.7 Å². The second-order valence-electron chi connectivity index (χ2n) is 4.12.